The van der Waals surface area contributed by atoms with Crippen molar-refractivity contribution in [1.82, 2.24) is 4.90 Å². The van der Waals surface area contributed by atoms with Crippen molar-refractivity contribution in [1.29, 1.82) is 0 Å². The number of carbonyl (C=O) groups is 1. The Morgan fingerprint density at radius 1 is 1.33 bits per heavy atom. The molecule has 1 atom stereocenters. The Morgan fingerprint density at radius 3 is 2.53 bits per heavy atom. The van der Waals surface area contributed by atoms with Crippen LogP contribution in [-0.4, -0.2) is 40.8 Å². The largest absolute Gasteiger partial charge is 0.479 e. The highest BCUT2D eigenvalue weighted by Gasteiger charge is 2.46. The smallest absolute Gasteiger partial charge is 0.342 e. The van der Waals surface area contributed by atoms with Crippen molar-refractivity contribution >= 4 is 5.97 Å². The lowest BCUT2D eigenvalue weighted by Crippen LogP contribution is -2.41. The highest BCUT2D eigenvalue weighted by molar-refractivity contribution is 5.78. The van der Waals surface area contributed by atoms with E-state index in [0.717, 1.165) is 12.8 Å². The maximum atomic E-state index is 13.8. The third-order valence-corrected chi connectivity index (χ3v) is 3.72. The van der Waals surface area contributed by atoms with Gasteiger partial charge in [-0.2, -0.15) is 0 Å². The van der Waals surface area contributed by atoms with Crippen LogP contribution in [0.2, 0.25) is 0 Å². The molecule has 2 fully saturated rings. The molecule has 0 aromatic carbocycles. The number of halogens is 1. The first-order chi connectivity index (χ1) is 7.12. The molecule has 0 aromatic heterocycles. The van der Waals surface area contributed by atoms with Crippen LogP contribution in [0.3, 0.4) is 0 Å². The average Bonchev–Trinajstić information content (AvgIpc) is 2.64. The van der Waals surface area contributed by atoms with Gasteiger partial charge in [-0.25, -0.2) is 9.18 Å². The zero-order valence-electron chi connectivity index (χ0n) is 8.91. The van der Waals surface area contributed by atoms with Gasteiger partial charge in [-0.05, 0) is 12.8 Å². The number of likely N-dealkylation sites (tertiary alicyclic amines) is 1. The van der Waals surface area contributed by atoms with Crippen LogP contribution < -0.4 is 0 Å². The molecular formula is C11H18FNO2. The number of hydrogen-bond donors (Lipinski definition) is 1. The molecule has 3 nitrogen and oxygen atoms in total. The molecule has 1 aliphatic carbocycles. The average molecular weight is 215 g/mol. The van der Waals surface area contributed by atoms with Gasteiger partial charge < -0.3 is 5.11 Å². The molecule has 1 N–H and O–H groups in total. The van der Waals surface area contributed by atoms with E-state index >= 15 is 0 Å². The molecule has 86 valence electrons. The third-order valence-electron chi connectivity index (χ3n) is 3.72. The molecule has 0 amide bonds. The Labute approximate surface area is 89.3 Å². The van der Waals surface area contributed by atoms with Crippen molar-refractivity contribution < 1.29 is 14.3 Å². The number of rotatable bonds is 2. The summed E-state index contributed by atoms with van der Waals surface area (Å²) in [5.74, 6) is -1.29. The standard InChI is InChI=1S/C11H18FNO2/c12-11(10(14)15)6-7-13(8-11)9-4-2-1-3-5-9/h9H,1-8H2,(H,14,15). The summed E-state index contributed by atoms with van der Waals surface area (Å²) >= 11 is 0. The van der Waals surface area contributed by atoms with E-state index in [1.807, 2.05) is 4.90 Å². The van der Waals surface area contributed by atoms with E-state index in [4.69, 9.17) is 5.11 Å². The first-order valence-corrected chi connectivity index (χ1v) is 5.78. The van der Waals surface area contributed by atoms with Crippen LogP contribution in [0.5, 0.6) is 0 Å². The molecule has 0 aromatic rings. The second-order valence-electron chi connectivity index (χ2n) is 4.78. The van der Waals surface area contributed by atoms with Gasteiger partial charge in [-0.15, -0.1) is 0 Å². The van der Waals surface area contributed by atoms with Gasteiger partial charge in [0.25, 0.3) is 0 Å². The lowest BCUT2D eigenvalue weighted by molar-refractivity contribution is -0.150. The quantitative estimate of drug-likeness (QED) is 0.763. The Morgan fingerprint density at radius 2 is 2.00 bits per heavy atom. The minimum absolute atomic E-state index is 0.0903. The number of hydrogen-bond acceptors (Lipinski definition) is 2. The zero-order chi connectivity index (χ0) is 10.9. The second kappa shape index (κ2) is 4.08. The van der Waals surface area contributed by atoms with Crippen LogP contribution in [0.25, 0.3) is 0 Å². The van der Waals surface area contributed by atoms with E-state index < -0.39 is 11.6 Å². The van der Waals surface area contributed by atoms with Crippen LogP contribution in [0.4, 0.5) is 4.39 Å². The maximum absolute atomic E-state index is 13.8. The fourth-order valence-electron chi connectivity index (χ4n) is 2.73. The summed E-state index contributed by atoms with van der Waals surface area (Å²) in [6.07, 6.45) is 6.04. The van der Waals surface area contributed by atoms with E-state index in [1.54, 1.807) is 0 Å². The van der Waals surface area contributed by atoms with Gasteiger partial charge in [0.1, 0.15) is 0 Å². The number of aliphatic carboxylic acids is 1. The molecular weight excluding hydrogens is 197 g/mol. The van der Waals surface area contributed by atoms with Gasteiger partial charge in [0.2, 0.25) is 5.67 Å². The molecule has 1 saturated heterocycles. The molecule has 0 radical (unpaired) electrons. The summed E-state index contributed by atoms with van der Waals surface area (Å²) in [4.78, 5) is 12.8. The van der Waals surface area contributed by atoms with Gasteiger partial charge in [-0.1, -0.05) is 19.3 Å². The van der Waals surface area contributed by atoms with Crippen LogP contribution in [0, 0.1) is 0 Å². The van der Waals surface area contributed by atoms with E-state index in [0.29, 0.717) is 12.6 Å². The number of carboxylic acids is 1. The van der Waals surface area contributed by atoms with Gasteiger partial charge in [0.15, 0.2) is 0 Å². The predicted molar refractivity (Wildman–Crippen MR) is 54.5 cm³/mol. The Kier molecular flexibility index (Phi) is 2.96. The zero-order valence-corrected chi connectivity index (χ0v) is 8.91. The van der Waals surface area contributed by atoms with Gasteiger partial charge in [-0.3, -0.25) is 4.90 Å². The number of nitrogens with zero attached hydrogens (tertiary/aromatic N) is 1. The van der Waals surface area contributed by atoms with Crippen molar-refractivity contribution in [3.63, 3.8) is 0 Å². The summed E-state index contributed by atoms with van der Waals surface area (Å²) < 4.78 is 13.8. The van der Waals surface area contributed by atoms with Crippen molar-refractivity contribution in [2.45, 2.75) is 50.2 Å². The first kappa shape index (κ1) is 10.9. The van der Waals surface area contributed by atoms with Crippen LogP contribution in [0.1, 0.15) is 38.5 Å². The van der Waals surface area contributed by atoms with Crippen molar-refractivity contribution in [2.75, 3.05) is 13.1 Å². The normalized spacial score (nSPS) is 34.5. The summed E-state index contributed by atoms with van der Waals surface area (Å²) in [7, 11) is 0. The lowest BCUT2D eigenvalue weighted by Gasteiger charge is -2.31. The van der Waals surface area contributed by atoms with E-state index in [2.05, 4.69) is 0 Å². The lowest BCUT2D eigenvalue weighted by atomic mass is 9.94. The molecule has 0 spiro atoms. The molecule has 4 heteroatoms. The maximum Gasteiger partial charge on any atom is 0.342 e. The molecule has 2 aliphatic rings. The minimum Gasteiger partial charge on any atom is -0.479 e. The minimum atomic E-state index is -1.99. The molecule has 1 heterocycles. The molecule has 1 saturated carbocycles. The SMILES string of the molecule is O=C(O)C1(F)CCN(C2CCCCC2)C1. The fraction of sp³-hybridized carbons (Fsp3) is 0.909. The van der Waals surface area contributed by atoms with Crippen molar-refractivity contribution in [2.24, 2.45) is 0 Å². The summed E-state index contributed by atoms with van der Waals surface area (Å²) in [6, 6.07) is 0.427. The fourth-order valence-corrected chi connectivity index (χ4v) is 2.73. The summed E-state index contributed by atoms with van der Waals surface area (Å²) in [6.45, 7) is 0.695. The topological polar surface area (TPSA) is 40.5 Å². The molecule has 15 heavy (non-hydrogen) atoms. The van der Waals surface area contributed by atoms with Gasteiger partial charge in [0.05, 0.1) is 0 Å². The molecule has 1 aliphatic heterocycles. The van der Waals surface area contributed by atoms with Gasteiger partial charge >= 0.3 is 5.97 Å². The van der Waals surface area contributed by atoms with Crippen molar-refractivity contribution in [3.8, 4) is 0 Å². The van der Waals surface area contributed by atoms with Gasteiger partial charge in [0, 0.05) is 25.6 Å². The number of alkyl halides is 1. The Balaban J connectivity index is 1.94. The monoisotopic (exact) mass is 215 g/mol. The number of carboxylic acid groups (broad SMARTS) is 1. The summed E-state index contributed by atoms with van der Waals surface area (Å²) in [5, 5.41) is 8.79. The molecule has 0 bridgehead atoms. The van der Waals surface area contributed by atoms with E-state index in [-0.39, 0.29) is 13.0 Å². The van der Waals surface area contributed by atoms with Crippen molar-refractivity contribution in [3.05, 3.63) is 0 Å². The molecule has 1 unspecified atom stereocenters. The molecule has 2 rings (SSSR count). The highest BCUT2D eigenvalue weighted by Crippen LogP contribution is 2.31. The van der Waals surface area contributed by atoms with Crippen LogP contribution >= 0.6 is 0 Å². The van der Waals surface area contributed by atoms with E-state index in [9.17, 15) is 9.18 Å². The van der Waals surface area contributed by atoms with E-state index in [1.165, 1.54) is 19.3 Å². The Bertz CT molecular complexity index is 253. The first-order valence-electron chi connectivity index (χ1n) is 5.78. The van der Waals surface area contributed by atoms with Crippen LogP contribution in [0.15, 0.2) is 0 Å². The highest BCUT2D eigenvalue weighted by atomic mass is 19.1. The van der Waals surface area contributed by atoms with Crippen LogP contribution in [-0.2, 0) is 4.79 Å². The predicted octanol–water partition coefficient (Wildman–Crippen LogP) is 1.82. The second-order valence-corrected chi connectivity index (χ2v) is 4.78. The summed E-state index contributed by atoms with van der Waals surface area (Å²) in [5.41, 5.74) is -1.99. The third kappa shape index (κ3) is 2.14. The Hall–Kier alpha value is -0.640.